The van der Waals surface area contributed by atoms with Gasteiger partial charge in [0.05, 0.1) is 5.60 Å². The quantitative estimate of drug-likeness (QED) is 0.821. The normalized spacial score (nSPS) is 40.3. The van der Waals surface area contributed by atoms with E-state index in [-0.39, 0.29) is 5.60 Å². The molecule has 1 saturated heterocycles. The van der Waals surface area contributed by atoms with E-state index in [0.717, 1.165) is 24.4 Å². The van der Waals surface area contributed by atoms with Crippen molar-refractivity contribution in [3.63, 3.8) is 0 Å². The smallest absolute Gasteiger partial charge is 0.0685 e. The summed E-state index contributed by atoms with van der Waals surface area (Å²) in [6, 6.07) is 0.460. The van der Waals surface area contributed by atoms with Gasteiger partial charge in [0.15, 0.2) is 0 Å². The Labute approximate surface area is 131 Å². The van der Waals surface area contributed by atoms with Crippen molar-refractivity contribution >= 4 is 0 Å². The molecule has 2 nitrogen and oxygen atoms in total. The van der Waals surface area contributed by atoms with E-state index in [1.807, 2.05) is 0 Å². The maximum absolute atomic E-state index is 6.55. The second-order valence-corrected chi connectivity index (χ2v) is 8.14. The molecule has 2 saturated carbocycles. The van der Waals surface area contributed by atoms with Crippen LogP contribution in [0.4, 0.5) is 0 Å². The van der Waals surface area contributed by atoms with E-state index in [2.05, 4.69) is 6.92 Å². The molecule has 3 rings (SSSR count). The Morgan fingerprint density at radius 1 is 1.10 bits per heavy atom. The van der Waals surface area contributed by atoms with Gasteiger partial charge in [-0.05, 0) is 62.7 Å². The van der Waals surface area contributed by atoms with Crippen LogP contribution >= 0.6 is 0 Å². The number of hydrogen-bond donors (Lipinski definition) is 1. The van der Waals surface area contributed by atoms with Crippen molar-refractivity contribution in [1.82, 2.24) is 0 Å². The monoisotopic (exact) mass is 293 g/mol. The molecule has 122 valence electrons. The van der Waals surface area contributed by atoms with Gasteiger partial charge in [0, 0.05) is 12.6 Å². The van der Waals surface area contributed by atoms with Gasteiger partial charge >= 0.3 is 0 Å². The van der Waals surface area contributed by atoms with Crippen molar-refractivity contribution in [2.75, 3.05) is 6.61 Å². The molecule has 4 atom stereocenters. The predicted octanol–water partition coefficient (Wildman–Crippen LogP) is 4.66. The number of nitrogens with two attached hydrogens (primary N) is 1. The van der Waals surface area contributed by atoms with Gasteiger partial charge in [0.1, 0.15) is 0 Å². The summed E-state index contributed by atoms with van der Waals surface area (Å²) in [4.78, 5) is 0. The molecule has 0 bridgehead atoms. The van der Waals surface area contributed by atoms with Crippen molar-refractivity contribution in [3.8, 4) is 0 Å². The zero-order chi connectivity index (χ0) is 14.7. The molecule has 3 fully saturated rings. The van der Waals surface area contributed by atoms with E-state index in [1.165, 1.54) is 77.0 Å². The summed E-state index contributed by atoms with van der Waals surface area (Å²) in [6.07, 6.45) is 16.1. The first-order valence-corrected chi connectivity index (χ1v) is 9.62. The second kappa shape index (κ2) is 7.00. The van der Waals surface area contributed by atoms with Gasteiger partial charge in [-0.2, -0.15) is 0 Å². The van der Waals surface area contributed by atoms with Crippen LogP contribution in [0, 0.1) is 17.8 Å². The number of ether oxygens (including phenoxy) is 1. The molecule has 0 aromatic heterocycles. The zero-order valence-electron chi connectivity index (χ0n) is 14.0. The molecular formula is C19H35NO. The van der Waals surface area contributed by atoms with E-state index in [1.54, 1.807) is 0 Å². The van der Waals surface area contributed by atoms with Crippen molar-refractivity contribution in [2.45, 2.75) is 95.6 Å². The first kappa shape index (κ1) is 15.8. The molecule has 0 aromatic carbocycles. The van der Waals surface area contributed by atoms with Gasteiger partial charge in [0.2, 0.25) is 0 Å². The molecule has 1 heterocycles. The molecule has 0 radical (unpaired) electrons. The first-order chi connectivity index (χ1) is 10.2. The van der Waals surface area contributed by atoms with E-state index >= 15 is 0 Å². The molecule has 0 amide bonds. The number of hydrogen-bond acceptors (Lipinski definition) is 2. The third-order valence-electron chi connectivity index (χ3n) is 6.66. The highest BCUT2D eigenvalue weighted by atomic mass is 16.5. The maximum atomic E-state index is 6.55. The fraction of sp³-hybridized carbons (Fsp3) is 1.00. The van der Waals surface area contributed by atoms with Crippen molar-refractivity contribution in [3.05, 3.63) is 0 Å². The first-order valence-electron chi connectivity index (χ1n) is 9.62. The van der Waals surface area contributed by atoms with Crippen LogP contribution in [0.5, 0.6) is 0 Å². The van der Waals surface area contributed by atoms with Crippen LogP contribution in [-0.4, -0.2) is 18.2 Å². The maximum Gasteiger partial charge on any atom is 0.0685 e. The summed E-state index contributed by atoms with van der Waals surface area (Å²) < 4.78 is 6.30. The highest BCUT2D eigenvalue weighted by Crippen LogP contribution is 2.46. The van der Waals surface area contributed by atoms with Crippen LogP contribution < -0.4 is 5.73 Å². The van der Waals surface area contributed by atoms with Crippen LogP contribution in [0.15, 0.2) is 0 Å². The molecule has 2 heteroatoms. The van der Waals surface area contributed by atoms with Crippen molar-refractivity contribution < 1.29 is 4.74 Å². The van der Waals surface area contributed by atoms with Crippen LogP contribution in [0.3, 0.4) is 0 Å². The molecule has 1 spiro atoms. The van der Waals surface area contributed by atoms with E-state index in [9.17, 15) is 0 Å². The Hall–Kier alpha value is -0.0800. The highest BCUT2D eigenvalue weighted by Gasteiger charge is 2.43. The topological polar surface area (TPSA) is 35.2 Å². The van der Waals surface area contributed by atoms with E-state index < -0.39 is 0 Å². The second-order valence-electron chi connectivity index (χ2n) is 8.14. The molecular weight excluding hydrogens is 258 g/mol. The van der Waals surface area contributed by atoms with Crippen LogP contribution in [0.1, 0.15) is 84.0 Å². The van der Waals surface area contributed by atoms with Gasteiger partial charge in [-0.15, -0.1) is 0 Å². The summed E-state index contributed by atoms with van der Waals surface area (Å²) >= 11 is 0. The average Bonchev–Trinajstić information content (AvgIpc) is 2.50. The van der Waals surface area contributed by atoms with Gasteiger partial charge in [-0.1, -0.05) is 39.0 Å². The van der Waals surface area contributed by atoms with Crippen LogP contribution in [0.25, 0.3) is 0 Å². The minimum Gasteiger partial charge on any atom is -0.375 e. The Morgan fingerprint density at radius 2 is 1.90 bits per heavy atom. The zero-order valence-corrected chi connectivity index (χ0v) is 14.0. The largest absolute Gasteiger partial charge is 0.375 e. The Kier molecular flexibility index (Phi) is 5.27. The highest BCUT2D eigenvalue weighted by molar-refractivity contribution is 4.95. The van der Waals surface area contributed by atoms with Gasteiger partial charge in [-0.3, -0.25) is 0 Å². The molecule has 21 heavy (non-hydrogen) atoms. The lowest BCUT2D eigenvalue weighted by atomic mass is 9.65. The van der Waals surface area contributed by atoms with Gasteiger partial charge in [-0.25, -0.2) is 0 Å². The van der Waals surface area contributed by atoms with Crippen molar-refractivity contribution in [2.24, 2.45) is 23.5 Å². The van der Waals surface area contributed by atoms with Crippen LogP contribution in [0.2, 0.25) is 0 Å². The fourth-order valence-corrected chi connectivity index (χ4v) is 5.51. The Bertz CT molecular complexity index is 318. The lowest BCUT2D eigenvalue weighted by Gasteiger charge is -2.48. The molecule has 4 unspecified atom stereocenters. The Morgan fingerprint density at radius 3 is 2.67 bits per heavy atom. The average molecular weight is 293 g/mol. The molecule has 2 aliphatic carbocycles. The summed E-state index contributed by atoms with van der Waals surface area (Å²) in [5, 5.41) is 0. The fourth-order valence-electron chi connectivity index (χ4n) is 5.51. The SMILES string of the molecule is CCCC1CCC(N)C(C2CCOC3(CCCCC3)C2)C1. The minimum absolute atomic E-state index is 0.249. The summed E-state index contributed by atoms with van der Waals surface area (Å²) in [7, 11) is 0. The summed E-state index contributed by atoms with van der Waals surface area (Å²) in [5.74, 6) is 2.56. The predicted molar refractivity (Wildman–Crippen MR) is 88.2 cm³/mol. The molecule has 0 aromatic rings. The van der Waals surface area contributed by atoms with Gasteiger partial charge < -0.3 is 10.5 Å². The summed E-state index contributed by atoms with van der Waals surface area (Å²) in [6.45, 7) is 3.32. The third kappa shape index (κ3) is 3.64. The molecule has 1 aliphatic heterocycles. The van der Waals surface area contributed by atoms with Crippen LogP contribution in [-0.2, 0) is 4.74 Å². The minimum atomic E-state index is 0.249. The standard InChI is InChI=1S/C19H35NO/c1-2-6-15-7-8-18(20)17(13-15)16-9-12-21-19(14-16)10-4-3-5-11-19/h15-18H,2-14,20H2,1H3. The van der Waals surface area contributed by atoms with Gasteiger partial charge in [0.25, 0.3) is 0 Å². The van der Waals surface area contributed by atoms with E-state index in [4.69, 9.17) is 10.5 Å². The lowest BCUT2D eigenvalue weighted by Crippen LogP contribution is -2.48. The molecule has 3 aliphatic rings. The molecule has 2 N–H and O–H groups in total. The summed E-state index contributed by atoms with van der Waals surface area (Å²) in [5.41, 5.74) is 6.79. The lowest BCUT2D eigenvalue weighted by molar-refractivity contribution is -0.129. The number of rotatable bonds is 3. The van der Waals surface area contributed by atoms with Crippen molar-refractivity contribution in [1.29, 1.82) is 0 Å². The third-order valence-corrected chi connectivity index (χ3v) is 6.66. The van der Waals surface area contributed by atoms with E-state index in [0.29, 0.717) is 6.04 Å². The Balaban J connectivity index is 1.63.